The second-order valence-electron chi connectivity index (χ2n) is 11.7. The van der Waals surface area contributed by atoms with Gasteiger partial charge < -0.3 is 9.13 Å². The highest BCUT2D eigenvalue weighted by Crippen LogP contribution is 2.43. The third-order valence-corrected chi connectivity index (χ3v) is 9.16. The Balaban J connectivity index is 1.38. The fourth-order valence-electron chi connectivity index (χ4n) is 7.09. The van der Waals surface area contributed by atoms with Gasteiger partial charge in [-0.05, 0) is 67.6 Å². The number of nitriles is 1. The van der Waals surface area contributed by atoms with E-state index in [0.717, 1.165) is 49.3 Å². The van der Waals surface area contributed by atoms with Gasteiger partial charge in [0.05, 0.1) is 50.1 Å². The highest BCUT2D eigenvalue weighted by Gasteiger charge is 2.36. The number of amides is 2. The number of hydrogen-bond acceptors (Lipinski definition) is 3. The number of rotatable bonds is 3. The molecule has 0 unspecified atom stereocenters. The molecule has 0 fully saturated rings. The topological polar surface area (TPSA) is 71.0 Å². The number of carbonyl (C=O) groups excluding carboxylic acids is 2. The fourth-order valence-corrected chi connectivity index (χ4v) is 7.09. The average Bonchev–Trinajstić information content (AvgIpc) is 3.70. The van der Waals surface area contributed by atoms with Crippen molar-refractivity contribution in [2.75, 3.05) is 4.90 Å². The van der Waals surface area contributed by atoms with Crippen molar-refractivity contribution in [3.63, 3.8) is 0 Å². The Morgan fingerprint density at radius 1 is 0.565 bits per heavy atom. The molecule has 0 radical (unpaired) electrons. The quantitative estimate of drug-likeness (QED) is 0.192. The molecule has 6 heteroatoms. The van der Waals surface area contributed by atoms with Gasteiger partial charge >= 0.3 is 0 Å². The van der Waals surface area contributed by atoms with Crippen molar-refractivity contribution in [3.8, 4) is 17.4 Å². The number of nitrogens with zero attached hydrogens (tertiary/aromatic N) is 4. The number of anilines is 1. The third-order valence-electron chi connectivity index (χ3n) is 9.16. The number of hydrogen-bond donors (Lipinski definition) is 0. The molecule has 1 aliphatic rings. The summed E-state index contributed by atoms with van der Waals surface area (Å²) in [7, 11) is 0. The number of imide groups is 1. The van der Waals surface area contributed by atoms with Gasteiger partial charge in [0.1, 0.15) is 6.07 Å². The van der Waals surface area contributed by atoms with Crippen LogP contribution in [-0.4, -0.2) is 20.9 Å². The first-order valence-corrected chi connectivity index (χ1v) is 15.1. The van der Waals surface area contributed by atoms with E-state index < -0.39 is 0 Å². The molecule has 0 spiro atoms. The number of aromatic nitrogens is 2. The molecule has 1 aliphatic heterocycles. The van der Waals surface area contributed by atoms with Crippen molar-refractivity contribution in [2.45, 2.75) is 6.92 Å². The molecule has 2 aromatic heterocycles. The van der Waals surface area contributed by atoms with E-state index in [0.29, 0.717) is 28.1 Å². The summed E-state index contributed by atoms with van der Waals surface area (Å²) in [5.74, 6) is -0.745. The van der Waals surface area contributed by atoms with E-state index in [9.17, 15) is 14.9 Å². The Labute approximate surface area is 263 Å². The third kappa shape index (κ3) is 3.45. The second-order valence-corrected chi connectivity index (χ2v) is 11.7. The summed E-state index contributed by atoms with van der Waals surface area (Å²) in [6, 6.07) is 43.8. The highest BCUT2D eigenvalue weighted by molar-refractivity contribution is 6.34. The van der Waals surface area contributed by atoms with Crippen molar-refractivity contribution < 1.29 is 9.59 Å². The van der Waals surface area contributed by atoms with Crippen LogP contribution in [0, 0.1) is 18.3 Å². The molecule has 0 saturated carbocycles. The zero-order valence-corrected chi connectivity index (χ0v) is 24.7. The summed E-state index contributed by atoms with van der Waals surface area (Å²) < 4.78 is 4.41. The van der Waals surface area contributed by atoms with Crippen LogP contribution in [-0.2, 0) is 0 Å². The molecule has 0 N–H and O–H groups in total. The van der Waals surface area contributed by atoms with Crippen molar-refractivity contribution in [3.05, 3.63) is 150 Å². The summed E-state index contributed by atoms with van der Waals surface area (Å²) in [5.41, 5.74) is 8.47. The highest BCUT2D eigenvalue weighted by atomic mass is 16.2. The van der Waals surface area contributed by atoms with E-state index in [1.54, 1.807) is 42.5 Å². The molecule has 0 bridgehead atoms. The summed E-state index contributed by atoms with van der Waals surface area (Å²) in [6.45, 7) is 2.09. The van der Waals surface area contributed by atoms with Gasteiger partial charge in [-0.3, -0.25) is 9.59 Å². The zero-order valence-electron chi connectivity index (χ0n) is 24.7. The minimum Gasteiger partial charge on any atom is -0.309 e. The Hall–Kier alpha value is -6.45. The van der Waals surface area contributed by atoms with Gasteiger partial charge in [-0.1, -0.05) is 72.3 Å². The lowest BCUT2D eigenvalue weighted by Gasteiger charge is -2.17. The van der Waals surface area contributed by atoms with Gasteiger partial charge in [0, 0.05) is 27.2 Å². The van der Waals surface area contributed by atoms with E-state index >= 15 is 0 Å². The minimum absolute atomic E-state index is 0.372. The zero-order chi connectivity index (χ0) is 31.1. The predicted molar refractivity (Wildman–Crippen MR) is 182 cm³/mol. The van der Waals surface area contributed by atoms with Crippen LogP contribution in [0.5, 0.6) is 0 Å². The van der Waals surface area contributed by atoms with Gasteiger partial charge in [0.15, 0.2) is 0 Å². The molecule has 0 aliphatic carbocycles. The smallest absolute Gasteiger partial charge is 0.266 e. The van der Waals surface area contributed by atoms with E-state index in [1.165, 1.54) is 10.5 Å². The Bertz CT molecular complexity index is 2620. The van der Waals surface area contributed by atoms with Gasteiger partial charge in [-0.15, -0.1) is 0 Å². The van der Waals surface area contributed by atoms with Crippen LogP contribution in [0.3, 0.4) is 0 Å². The number of fused-ring (bicyclic) bond motifs is 8. The van der Waals surface area contributed by atoms with Crippen molar-refractivity contribution in [1.29, 1.82) is 5.26 Å². The van der Waals surface area contributed by atoms with Crippen LogP contribution in [0.25, 0.3) is 55.0 Å². The Morgan fingerprint density at radius 2 is 1.17 bits per heavy atom. The standard InChI is InChI=1S/C40H24N4O2/c1-24-14-17-26(18-15-24)42-33-12-6-4-8-28(33)29-20-21-35-37(38(29)42)32-11-5-7-13-34(32)44(35)36-22-27(19-16-25(36)23-41)43-39(45)30-9-2-3-10-31(30)40(43)46/h2-22H,1H3. The molecule has 8 aromatic rings. The maximum absolute atomic E-state index is 13.4. The lowest BCUT2D eigenvalue weighted by Crippen LogP contribution is -2.29. The Kier molecular flexibility index (Phi) is 5.38. The summed E-state index contributed by atoms with van der Waals surface area (Å²) in [4.78, 5) is 28.1. The predicted octanol–water partition coefficient (Wildman–Crippen LogP) is 8.86. The van der Waals surface area contributed by atoms with Crippen LogP contribution < -0.4 is 4.90 Å². The summed E-state index contributed by atoms with van der Waals surface area (Å²) >= 11 is 0. The fraction of sp³-hybridized carbons (Fsp3) is 0.0250. The van der Waals surface area contributed by atoms with E-state index in [1.807, 2.05) is 12.1 Å². The normalized spacial score (nSPS) is 12.9. The molecule has 216 valence electrons. The van der Waals surface area contributed by atoms with Gasteiger partial charge in [-0.25, -0.2) is 4.90 Å². The molecule has 0 saturated heterocycles. The average molecular weight is 593 g/mol. The summed E-state index contributed by atoms with van der Waals surface area (Å²) in [5, 5.41) is 14.7. The van der Waals surface area contributed by atoms with E-state index in [4.69, 9.17) is 0 Å². The number of aryl methyl sites for hydroxylation is 1. The molecule has 3 heterocycles. The van der Waals surface area contributed by atoms with Gasteiger partial charge in [0.25, 0.3) is 11.8 Å². The molecule has 46 heavy (non-hydrogen) atoms. The minimum atomic E-state index is -0.372. The van der Waals surface area contributed by atoms with Crippen LogP contribution >= 0.6 is 0 Å². The second kappa shape index (κ2) is 9.52. The van der Waals surface area contributed by atoms with Gasteiger partial charge in [-0.2, -0.15) is 5.26 Å². The van der Waals surface area contributed by atoms with Crippen LogP contribution in [0.4, 0.5) is 5.69 Å². The maximum atomic E-state index is 13.4. The first-order chi connectivity index (χ1) is 22.5. The first-order valence-electron chi connectivity index (χ1n) is 15.1. The largest absolute Gasteiger partial charge is 0.309 e. The van der Waals surface area contributed by atoms with Crippen LogP contribution in [0.15, 0.2) is 127 Å². The molecular formula is C40H24N4O2. The Morgan fingerprint density at radius 3 is 1.87 bits per heavy atom. The molecule has 0 atom stereocenters. The van der Waals surface area contributed by atoms with Gasteiger partial charge in [0.2, 0.25) is 0 Å². The SMILES string of the molecule is Cc1ccc(-n2c3ccccc3c3ccc4c(c5ccccc5n4-c4cc(N5C(=O)c6ccccc6C5=O)ccc4C#N)c32)cc1. The van der Waals surface area contributed by atoms with Crippen LogP contribution in [0.1, 0.15) is 31.8 Å². The van der Waals surface area contributed by atoms with E-state index in [-0.39, 0.29) is 11.8 Å². The number of para-hydroxylation sites is 2. The van der Waals surface area contributed by atoms with Crippen molar-refractivity contribution in [2.24, 2.45) is 0 Å². The summed E-state index contributed by atoms with van der Waals surface area (Å²) in [6.07, 6.45) is 0. The number of benzene rings is 6. The lowest BCUT2D eigenvalue weighted by atomic mass is 10.1. The monoisotopic (exact) mass is 592 g/mol. The lowest BCUT2D eigenvalue weighted by molar-refractivity contribution is 0.0926. The van der Waals surface area contributed by atoms with Crippen molar-refractivity contribution >= 4 is 61.1 Å². The molecule has 9 rings (SSSR count). The maximum Gasteiger partial charge on any atom is 0.266 e. The molecule has 6 aromatic carbocycles. The number of carbonyl (C=O) groups is 2. The first kappa shape index (κ1) is 26.0. The van der Waals surface area contributed by atoms with Crippen molar-refractivity contribution in [1.82, 2.24) is 9.13 Å². The van der Waals surface area contributed by atoms with E-state index in [2.05, 4.69) is 94.9 Å². The molecule has 6 nitrogen and oxygen atoms in total. The van der Waals surface area contributed by atoms with Crippen LogP contribution in [0.2, 0.25) is 0 Å². The molecular weight excluding hydrogens is 568 g/mol. The molecule has 2 amide bonds.